The number of rotatable bonds is 5. The first-order valence-corrected chi connectivity index (χ1v) is 11.7. The maximum Gasteiger partial charge on any atom is 0.342 e. The lowest BCUT2D eigenvalue weighted by Crippen LogP contribution is -2.46. The third-order valence-electron chi connectivity index (χ3n) is 8.76. The van der Waals surface area contributed by atoms with Crippen molar-refractivity contribution in [1.29, 1.82) is 0 Å². The zero-order valence-corrected chi connectivity index (χ0v) is 18.0. The largest absolute Gasteiger partial charge is 0.464 e. The van der Waals surface area contributed by atoms with Crippen molar-refractivity contribution in [3.63, 3.8) is 0 Å². The third-order valence-corrected chi connectivity index (χ3v) is 8.76. The van der Waals surface area contributed by atoms with E-state index in [4.69, 9.17) is 4.74 Å². The van der Waals surface area contributed by atoms with E-state index in [2.05, 4.69) is 20.8 Å². The lowest BCUT2D eigenvalue weighted by molar-refractivity contribution is -0.0626. The van der Waals surface area contributed by atoms with Crippen LogP contribution in [-0.2, 0) is 4.74 Å². The van der Waals surface area contributed by atoms with Crippen LogP contribution in [0.4, 0.5) is 13.2 Å². The van der Waals surface area contributed by atoms with Gasteiger partial charge in [0.1, 0.15) is 6.10 Å². The molecule has 0 saturated heterocycles. The molecule has 0 N–H and O–H groups in total. The molecule has 0 radical (unpaired) electrons. The van der Waals surface area contributed by atoms with Crippen molar-refractivity contribution < 1.29 is 17.9 Å². The molecule has 0 aromatic carbocycles. The second kappa shape index (κ2) is 9.43. The molecule has 3 fully saturated rings. The van der Waals surface area contributed by atoms with Gasteiger partial charge in [-0.3, -0.25) is 0 Å². The van der Waals surface area contributed by atoms with Crippen molar-refractivity contribution in [3.05, 3.63) is 12.1 Å². The molecule has 0 bridgehead atoms. The molecule has 3 aliphatic carbocycles. The van der Waals surface area contributed by atoms with E-state index in [0.29, 0.717) is 24.2 Å². The highest BCUT2D eigenvalue weighted by atomic mass is 19.3. The molecular formula is C24H39F3O. The Kier molecular flexibility index (Phi) is 7.42. The average Bonchev–Trinajstić information content (AvgIpc) is 2.69. The fourth-order valence-corrected chi connectivity index (χ4v) is 6.76. The number of ether oxygens (including phenoxy) is 1. The molecule has 0 unspecified atom stereocenters. The summed E-state index contributed by atoms with van der Waals surface area (Å²) in [7, 11) is 0. The Bertz CT molecular complexity index is 496. The zero-order chi connectivity index (χ0) is 20.3. The SMILES string of the molecule is CC1CCC(C(C)(C2CCC(C)CC2)C2CCC(OC(F)=C(F)F)CC2)CC1. The Hall–Kier alpha value is -0.670. The Morgan fingerprint density at radius 3 is 1.36 bits per heavy atom. The summed E-state index contributed by atoms with van der Waals surface area (Å²) in [5.41, 5.74) is 0.338. The second-order valence-corrected chi connectivity index (χ2v) is 10.4. The first-order valence-electron chi connectivity index (χ1n) is 11.7. The van der Waals surface area contributed by atoms with Crippen LogP contribution in [0.3, 0.4) is 0 Å². The van der Waals surface area contributed by atoms with Crippen LogP contribution in [0.2, 0.25) is 0 Å². The van der Waals surface area contributed by atoms with E-state index in [9.17, 15) is 13.2 Å². The smallest absolute Gasteiger partial charge is 0.342 e. The molecule has 4 heteroatoms. The molecule has 0 heterocycles. The van der Waals surface area contributed by atoms with E-state index in [0.717, 1.165) is 36.5 Å². The Balaban J connectivity index is 1.70. The highest BCUT2D eigenvalue weighted by molar-refractivity contribution is 4.98. The Morgan fingerprint density at radius 1 is 0.643 bits per heavy atom. The van der Waals surface area contributed by atoms with Crippen LogP contribution >= 0.6 is 0 Å². The van der Waals surface area contributed by atoms with Crippen LogP contribution < -0.4 is 0 Å². The first-order chi connectivity index (χ1) is 13.3. The minimum Gasteiger partial charge on any atom is -0.464 e. The van der Waals surface area contributed by atoms with E-state index in [-0.39, 0.29) is 6.10 Å². The standard InChI is InChI=1S/C24H39F3O/c1-16-4-8-18(9-5-16)24(3,19-10-6-17(2)7-11-19)20-12-14-21(15-13-20)28-23(27)22(25)26/h16-21H,4-15H2,1-3H3. The average molecular weight is 401 g/mol. The van der Waals surface area contributed by atoms with Crippen molar-refractivity contribution in [1.82, 2.24) is 0 Å². The topological polar surface area (TPSA) is 9.23 Å². The number of hydrogen-bond acceptors (Lipinski definition) is 1. The molecule has 3 rings (SSSR count). The third kappa shape index (κ3) is 4.90. The van der Waals surface area contributed by atoms with E-state index in [1.807, 2.05) is 0 Å². The number of halogens is 3. The summed E-state index contributed by atoms with van der Waals surface area (Å²) in [6.07, 6.45) is 11.4. The molecule has 0 aromatic heterocycles. The van der Waals surface area contributed by atoms with Crippen LogP contribution in [0, 0.1) is 35.0 Å². The molecule has 0 aromatic rings. The van der Waals surface area contributed by atoms with Gasteiger partial charge in [-0.05, 0) is 86.4 Å². The molecule has 3 saturated carbocycles. The molecule has 1 nitrogen and oxygen atoms in total. The predicted molar refractivity (Wildman–Crippen MR) is 108 cm³/mol. The first kappa shape index (κ1) is 22.0. The van der Waals surface area contributed by atoms with Crippen LogP contribution in [0.25, 0.3) is 0 Å². The van der Waals surface area contributed by atoms with E-state index >= 15 is 0 Å². The molecule has 0 atom stereocenters. The van der Waals surface area contributed by atoms with Gasteiger partial charge in [0.2, 0.25) is 0 Å². The summed E-state index contributed by atoms with van der Waals surface area (Å²) in [6.45, 7) is 7.32. The summed E-state index contributed by atoms with van der Waals surface area (Å²) in [5.74, 6) is 3.88. The fourth-order valence-electron chi connectivity index (χ4n) is 6.76. The summed E-state index contributed by atoms with van der Waals surface area (Å²) in [5, 5.41) is 0. The monoisotopic (exact) mass is 400 g/mol. The highest BCUT2D eigenvalue weighted by Gasteiger charge is 2.48. The quantitative estimate of drug-likeness (QED) is 0.422. The maximum absolute atomic E-state index is 13.2. The van der Waals surface area contributed by atoms with Crippen molar-refractivity contribution in [2.75, 3.05) is 0 Å². The number of hydrogen-bond donors (Lipinski definition) is 0. The van der Waals surface area contributed by atoms with Crippen LogP contribution in [0.1, 0.15) is 97.8 Å². The summed E-state index contributed by atoms with van der Waals surface area (Å²) in [4.78, 5) is 0. The van der Waals surface area contributed by atoms with Crippen LogP contribution in [0.5, 0.6) is 0 Å². The van der Waals surface area contributed by atoms with Crippen molar-refractivity contribution in [2.45, 2.75) is 104 Å². The van der Waals surface area contributed by atoms with Gasteiger partial charge in [0.25, 0.3) is 0 Å². The lowest BCUT2D eigenvalue weighted by Gasteiger charge is -2.54. The van der Waals surface area contributed by atoms with E-state index in [1.54, 1.807) is 0 Å². The van der Waals surface area contributed by atoms with Crippen molar-refractivity contribution in [2.24, 2.45) is 35.0 Å². The minimum atomic E-state index is -2.33. The molecular weight excluding hydrogens is 361 g/mol. The van der Waals surface area contributed by atoms with Gasteiger partial charge in [0, 0.05) is 0 Å². The molecule has 162 valence electrons. The molecule has 28 heavy (non-hydrogen) atoms. The van der Waals surface area contributed by atoms with Gasteiger partial charge in [0.15, 0.2) is 0 Å². The highest BCUT2D eigenvalue weighted by Crippen LogP contribution is 2.57. The van der Waals surface area contributed by atoms with Gasteiger partial charge < -0.3 is 4.74 Å². The summed E-state index contributed by atoms with van der Waals surface area (Å²) in [6, 6.07) is -1.67. The Labute approximate surface area is 169 Å². The van der Waals surface area contributed by atoms with Gasteiger partial charge in [-0.1, -0.05) is 46.5 Å². The summed E-state index contributed by atoms with van der Waals surface area (Å²) >= 11 is 0. The van der Waals surface area contributed by atoms with Gasteiger partial charge in [-0.2, -0.15) is 13.2 Å². The Morgan fingerprint density at radius 2 is 1.00 bits per heavy atom. The van der Waals surface area contributed by atoms with Crippen LogP contribution in [-0.4, -0.2) is 6.10 Å². The summed E-state index contributed by atoms with van der Waals surface area (Å²) < 4.78 is 42.9. The van der Waals surface area contributed by atoms with Gasteiger partial charge in [-0.15, -0.1) is 0 Å². The minimum absolute atomic E-state index is 0.338. The van der Waals surface area contributed by atoms with Gasteiger partial charge in [-0.25, -0.2) is 0 Å². The van der Waals surface area contributed by atoms with E-state index < -0.39 is 12.1 Å². The lowest BCUT2D eigenvalue weighted by atomic mass is 9.51. The predicted octanol–water partition coefficient (Wildman–Crippen LogP) is 8.26. The van der Waals surface area contributed by atoms with E-state index in [1.165, 1.54) is 51.4 Å². The zero-order valence-electron chi connectivity index (χ0n) is 18.0. The molecule has 0 spiro atoms. The van der Waals surface area contributed by atoms with Gasteiger partial charge in [0.05, 0.1) is 0 Å². The van der Waals surface area contributed by atoms with Crippen molar-refractivity contribution >= 4 is 0 Å². The second-order valence-electron chi connectivity index (χ2n) is 10.4. The maximum atomic E-state index is 13.2. The normalized spacial score (nSPS) is 39.1. The van der Waals surface area contributed by atoms with Crippen LogP contribution in [0.15, 0.2) is 12.1 Å². The fraction of sp³-hybridized carbons (Fsp3) is 0.917. The molecule has 3 aliphatic rings. The van der Waals surface area contributed by atoms with Gasteiger partial charge >= 0.3 is 12.1 Å². The molecule has 0 aliphatic heterocycles. The molecule has 0 amide bonds. The van der Waals surface area contributed by atoms with Crippen molar-refractivity contribution in [3.8, 4) is 0 Å².